The van der Waals surface area contributed by atoms with Gasteiger partial charge in [0.25, 0.3) is 0 Å². The van der Waals surface area contributed by atoms with Crippen LogP contribution in [0.1, 0.15) is 32.3 Å². The van der Waals surface area contributed by atoms with Crippen molar-refractivity contribution in [2.24, 2.45) is 5.92 Å². The van der Waals surface area contributed by atoms with Crippen LogP contribution >= 0.6 is 0 Å². The van der Waals surface area contributed by atoms with Gasteiger partial charge >= 0.3 is 0 Å². The smallest absolute Gasteiger partial charge is 0.141 e. The molecular formula is C17H29NO3. The van der Waals surface area contributed by atoms with Crippen molar-refractivity contribution in [2.45, 2.75) is 39.7 Å². The minimum Gasteiger partial charge on any atom is -0.495 e. The first kappa shape index (κ1) is 17.8. The predicted octanol–water partition coefficient (Wildman–Crippen LogP) is 3.23. The van der Waals surface area contributed by atoms with Gasteiger partial charge in [0.15, 0.2) is 0 Å². The lowest BCUT2D eigenvalue weighted by atomic mass is 10.1. The average molecular weight is 295 g/mol. The van der Waals surface area contributed by atoms with Crippen LogP contribution in [0.5, 0.6) is 5.75 Å². The van der Waals surface area contributed by atoms with Crippen molar-refractivity contribution < 1.29 is 14.6 Å². The molecule has 0 amide bonds. The highest BCUT2D eigenvalue weighted by atomic mass is 16.5. The number of aliphatic hydroxyl groups is 1. The van der Waals surface area contributed by atoms with Crippen molar-refractivity contribution in [1.82, 2.24) is 0 Å². The number of hydrogen-bond donors (Lipinski definition) is 2. The Morgan fingerprint density at radius 3 is 2.71 bits per heavy atom. The van der Waals surface area contributed by atoms with E-state index in [1.54, 1.807) is 7.11 Å². The van der Waals surface area contributed by atoms with Gasteiger partial charge in [-0.25, -0.2) is 0 Å². The number of nitrogens with one attached hydrogen (secondary N) is 1. The monoisotopic (exact) mass is 295 g/mol. The minimum absolute atomic E-state index is 0.360. The van der Waals surface area contributed by atoms with E-state index < -0.39 is 6.10 Å². The largest absolute Gasteiger partial charge is 0.495 e. The number of rotatable bonds is 10. The Labute approximate surface area is 128 Å². The number of anilines is 1. The molecule has 0 aliphatic heterocycles. The SMILES string of the molecule is COc1ccc(C)cc1NCC(O)COCCCC(C)C. The predicted molar refractivity (Wildman–Crippen MR) is 87.1 cm³/mol. The summed E-state index contributed by atoms with van der Waals surface area (Å²) in [6.45, 7) is 7.95. The van der Waals surface area contributed by atoms with E-state index in [2.05, 4.69) is 19.2 Å². The molecule has 1 unspecified atom stereocenters. The van der Waals surface area contributed by atoms with E-state index in [0.29, 0.717) is 25.7 Å². The standard InChI is InChI=1S/C17H29NO3/c1-13(2)6-5-9-21-12-15(19)11-18-16-10-14(3)7-8-17(16)20-4/h7-8,10,13,15,18-19H,5-6,9,11-12H2,1-4H3. The maximum absolute atomic E-state index is 9.92. The van der Waals surface area contributed by atoms with Gasteiger partial charge in [0.05, 0.1) is 25.5 Å². The maximum Gasteiger partial charge on any atom is 0.141 e. The molecule has 0 heterocycles. The van der Waals surface area contributed by atoms with E-state index >= 15 is 0 Å². The van der Waals surface area contributed by atoms with E-state index in [9.17, 15) is 5.11 Å². The second-order valence-electron chi connectivity index (χ2n) is 5.85. The lowest BCUT2D eigenvalue weighted by Crippen LogP contribution is -2.25. The van der Waals surface area contributed by atoms with Crippen LogP contribution in [0, 0.1) is 12.8 Å². The molecule has 0 fully saturated rings. The molecule has 4 nitrogen and oxygen atoms in total. The first-order chi connectivity index (χ1) is 10.0. The normalized spacial score (nSPS) is 12.5. The third kappa shape index (κ3) is 7.34. The molecule has 0 aliphatic rings. The Morgan fingerprint density at radius 1 is 1.29 bits per heavy atom. The van der Waals surface area contributed by atoms with Gasteiger partial charge in [-0.15, -0.1) is 0 Å². The molecular weight excluding hydrogens is 266 g/mol. The highest BCUT2D eigenvalue weighted by Gasteiger charge is 2.07. The quantitative estimate of drug-likeness (QED) is 0.651. The molecule has 0 radical (unpaired) electrons. The Balaban J connectivity index is 2.26. The summed E-state index contributed by atoms with van der Waals surface area (Å²) in [5.74, 6) is 1.49. The second-order valence-corrected chi connectivity index (χ2v) is 5.85. The van der Waals surface area contributed by atoms with Crippen molar-refractivity contribution in [3.63, 3.8) is 0 Å². The van der Waals surface area contributed by atoms with Crippen LogP contribution in [0.3, 0.4) is 0 Å². The van der Waals surface area contributed by atoms with E-state index in [-0.39, 0.29) is 0 Å². The molecule has 2 N–H and O–H groups in total. The highest BCUT2D eigenvalue weighted by Crippen LogP contribution is 2.24. The fourth-order valence-electron chi connectivity index (χ4n) is 2.06. The van der Waals surface area contributed by atoms with Crippen LogP contribution in [-0.2, 0) is 4.74 Å². The summed E-state index contributed by atoms with van der Waals surface area (Å²) in [7, 11) is 1.64. The number of methoxy groups -OCH3 is 1. The Bertz CT molecular complexity index is 407. The van der Waals surface area contributed by atoms with Gasteiger partial charge < -0.3 is 19.9 Å². The van der Waals surface area contributed by atoms with Crippen LogP contribution in [-0.4, -0.2) is 38.1 Å². The van der Waals surface area contributed by atoms with E-state index in [0.717, 1.165) is 29.8 Å². The fraction of sp³-hybridized carbons (Fsp3) is 0.647. The zero-order valence-corrected chi connectivity index (χ0v) is 13.7. The van der Waals surface area contributed by atoms with Gasteiger partial charge in [-0.2, -0.15) is 0 Å². The Hall–Kier alpha value is -1.26. The van der Waals surface area contributed by atoms with Gasteiger partial charge in [0.2, 0.25) is 0 Å². The molecule has 21 heavy (non-hydrogen) atoms. The molecule has 0 saturated carbocycles. The summed E-state index contributed by atoms with van der Waals surface area (Å²) in [4.78, 5) is 0. The van der Waals surface area contributed by atoms with Crippen molar-refractivity contribution in [1.29, 1.82) is 0 Å². The summed E-state index contributed by atoms with van der Waals surface area (Å²) in [6.07, 6.45) is 1.69. The van der Waals surface area contributed by atoms with Crippen LogP contribution in [0.2, 0.25) is 0 Å². The molecule has 0 bridgehead atoms. The summed E-state index contributed by atoms with van der Waals surface area (Å²) >= 11 is 0. The van der Waals surface area contributed by atoms with E-state index in [1.165, 1.54) is 0 Å². The van der Waals surface area contributed by atoms with Gasteiger partial charge in [0, 0.05) is 13.2 Å². The lowest BCUT2D eigenvalue weighted by Gasteiger charge is -2.16. The van der Waals surface area contributed by atoms with Crippen molar-refractivity contribution in [3.8, 4) is 5.75 Å². The third-order valence-corrected chi connectivity index (χ3v) is 3.26. The molecule has 1 atom stereocenters. The Morgan fingerprint density at radius 2 is 2.05 bits per heavy atom. The molecule has 0 saturated heterocycles. The van der Waals surface area contributed by atoms with Gasteiger partial charge in [-0.05, 0) is 43.4 Å². The maximum atomic E-state index is 9.92. The summed E-state index contributed by atoms with van der Waals surface area (Å²) in [6, 6.07) is 5.93. The van der Waals surface area contributed by atoms with E-state index in [4.69, 9.17) is 9.47 Å². The molecule has 0 aliphatic carbocycles. The summed E-state index contributed by atoms with van der Waals surface area (Å²) < 4.78 is 10.8. The van der Waals surface area contributed by atoms with Crippen LogP contribution < -0.4 is 10.1 Å². The molecule has 0 aromatic heterocycles. The van der Waals surface area contributed by atoms with Gasteiger partial charge in [0.1, 0.15) is 5.75 Å². The zero-order valence-electron chi connectivity index (χ0n) is 13.7. The average Bonchev–Trinajstić information content (AvgIpc) is 2.44. The highest BCUT2D eigenvalue weighted by molar-refractivity contribution is 5.58. The Kier molecular flexibility index (Phi) is 8.16. The third-order valence-electron chi connectivity index (χ3n) is 3.26. The van der Waals surface area contributed by atoms with Crippen molar-refractivity contribution in [2.75, 3.05) is 32.2 Å². The van der Waals surface area contributed by atoms with Crippen LogP contribution in [0.25, 0.3) is 0 Å². The molecule has 4 heteroatoms. The molecule has 1 rings (SSSR count). The number of hydrogen-bond acceptors (Lipinski definition) is 4. The van der Waals surface area contributed by atoms with Gasteiger partial charge in [-0.3, -0.25) is 0 Å². The number of aryl methyl sites for hydroxylation is 1. The van der Waals surface area contributed by atoms with E-state index in [1.807, 2.05) is 25.1 Å². The fourth-order valence-corrected chi connectivity index (χ4v) is 2.06. The van der Waals surface area contributed by atoms with Gasteiger partial charge in [-0.1, -0.05) is 19.9 Å². The van der Waals surface area contributed by atoms with Crippen molar-refractivity contribution in [3.05, 3.63) is 23.8 Å². The number of benzene rings is 1. The molecule has 120 valence electrons. The summed E-state index contributed by atoms with van der Waals surface area (Å²) in [5.41, 5.74) is 2.05. The molecule has 0 spiro atoms. The van der Waals surface area contributed by atoms with Crippen molar-refractivity contribution >= 4 is 5.69 Å². The molecule has 1 aromatic carbocycles. The first-order valence-electron chi connectivity index (χ1n) is 7.67. The minimum atomic E-state index is -0.519. The zero-order chi connectivity index (χ0) is 15.7. The van der Waals surface area contributed by atoms with Crippen LogP contribution in [0.4, 0.5) is 5.69 Å². The lowest BCUT2D eigenvalue weighted by molar-refractivity contribution is 0.0409. The number of ether oxygens (including phenoxy) is 2. The summed E-state index contributed by atoms with van der Waals surface area (Å²) in [5, 5.41) is 13.1. The number of aliphatic hydroxyl groups excluding tert-OH is 1. The van der Waals surface area contributed by atoms with Crippen LogP contribution in [0.15, 0.2) is 18.2 Å². The second kappa shape index (κ2) is 9.64. The molecule has 1 aromatic rings. The first-order valence-corrected chi connectivity index (χ1v) is 7.67. The topological polar surface area (TPSA) is 50.7 Å².